The first-order valence-corrected chi connectivity index (χ1v) is 10.7. The molecule has 28 heavy (non-hydrogen) atoms. The SMILES string of the molecule is CCCCN(CC(=O)N1CCc2sccc2C1c1ccccc1)C(=O)COC. The summed E-state index contributed by atoms with van der Waals surface area (Å²) >= 11 is 1.76. The molecule has 2 heterocycles. The Labute approximate surface area is 170 Å². The van der Waals surface area contributed by atoms with Gasteiger partial charge in [0.15, 0.2) is 0 Å². The van der Waals surface area contributed by atoms with E-state index in [0.29, 0.717) is 13.1 Å². The van der Waals surface area contributed by atoms with E-state index in [1.165, 1.54) is 17.6 Å². The van der Waals surface area contributed by atoms with Crippen LogP contribution in [-0.4, -0.2) is 55.0 Å². The number of ether oxygens (including phenoxy) is 1. The molecule has 1 atom stereocenters. The van der Waals surface area contributed by atoms with Crippen LogP contribution < -0.4 is 0 Å². The first-order chi connectivity index (χ1) is 13.7. The molecule has 2 amide bonds. The van der Waals surface area contributed by atoms with Gasteiger partial charge in [0.25, 0.3) is 0 Å². The van der Waals surface area contributed by atoms with Crippen LogP contribution in [0.2, 0.25) is 0 Å². The van der Waals surface area contributed by atoms with E-state index in [4.69, 9.17) is 4.74 Å². The van der Waals surface area contributed by atoms with Crippen LogP contribution in [0.4, 0.5) is 0 Å². The number of carbonyl (C=O) groups excluding carboxylic acids is 2. The zero-order chi connectivity index (χ0) is 19.9. The lowest BCUT2D eigenvalue weighted by atomic mass is 9.93. The highest BCUT2D eigenvalue weighted by molar-refractivity contribution is 7.10. The highest BCUT2D eigenvalue weighted by Crippen LogP contribution is 2.37. The van der Waals surface area contributed by atoms with Crippen LogP contribution in [-0.2, 0) is 20.7 Å². The van der Waals surface area contributed by atoms with Crippen molar-refractivity contribution in [3.05, 3.63) is 57.8 Å². The van der Waals surface area contributed by atoms with E-state index in [9.17, 15) is 9.59 Å². The van der Waals surface area contributed by atoms with Gasteiger partial charge in [0.1, 0.15) is 6.61 Å². The van der Waals surface area contributed by atoms with Crippen molar-refractivity contribution in [3.63, 3.8) is 0 Å². The molecule has 0 saturated carbocycles. The number of amides is 2. The van der Waals surface area contributed by atoms with Gasteiger partial charge in [-0.05, 0) is 35.4 Å². The fourth-order valence-corrected chi connectivity index (χ4v) is 4.59. The van der Waals surface area contributed by atoms with Gasteiger partial charge < -0.3 is 14.5 Å². The van der Waals surface area contributed by atoms with Crippen molar-refractivity contribution in [2.45, 2.75) is 32.2 Å². The second-order valence-corrected chi connectivity index (χ2v) is 8.05. The molecule has 1 aliphatic rings. The number of hydrogen-bond donors (Lipinski definition) is 0. The number of rotatable bonds is 8. The lowest BCUT2D eigenvalue weighted by molar-refractivity contribution is -0.143. The van der Waals surface area contributed by atoms with E-state index in [1.807, 2.05) is 23.1 Å². The molecule has 0 bridgehead atoms. The summed E-state index contributed by atoms with van der Waals surface area (Å²) in [5.41, 5.74) is 2.32. The third kappa shape index (κ3) is 4.62. The van der Waals surface area contributed by atoms with Crippen molar-refractivity contribution in [1.82, 2.24) is 9.80 Å². The maximum atomic E-state index is 13.3. The Hall–Kier alpha value is -2.18. The van der Waals surface area contributed by atoms with E-state index in [1.54, 1.807) is 16.2 Å². The van der Waals surface area contributed by atoms with Crippen molar-refractivity contribution < 1.29 is 14.3 Å². The molecule has 1 aliphatic heterocycles. The quantitative estimate of drug-likeness (QED) is 0.681. The summed E-state index contributed by atoms with van der Waals surface area (Å²) in [7, 11) is 1.51. The van der Waals surface area contributed by atoms with Crippen molar-refractivity contribution in [1.29, 1.82) is 0 Å². The number of nitrogens with zero attached hydrogens (tertiary/aromatic N) is 2. The fourth-order valence-electron chi connectivity index (χ4n) is 3.69. The van der Waals surface area contributed by atoms with E-state index in [0.717, 1.165) is 24.8 Å². The van der Waals surface area contributed by atoms with Gasteiger partial charge in [-0.25, -0.2) is 0 Å². The van der Waals surface area contributed by atoms with Crippen LogP contribution in [0.15, 0.2) is 41.8 Å². The monoisotopic (exact) mass is 400 g/mol. The predicted molar refractivity (Wildman–Crippen MR) is 111 cm³/mol. The van der Waals surface area contributed by atoms with E-state index in [-0.39, 0.29) is 31.0 Å². The largest absolute Gasteiger partial charge is 0.375 e. The molecule has 0 saturated heterocycles. The summed E-state index contributed by atoms with van der Waals surface area (Å²) in [5.74, 6) is -0.139. The number of methoxy groups -OCH3 is 1. The van der Waals surface area contributed by atoms with Gasteiger partial charge in [-0.3, -0.25) is 9.59 Å². The summed E-state index contributed by atoms with van der Waals surface area (Å²) in [6.07, 6.45) is 2.71. The third-order valence-corrected chi connectivity index (χ3v) is 6.13. The predicted octanol–water partition coefficient (Wildman–Crippen LogP) is 3.50. The minimum absolute atomic E-state index is 0.00773. The maximum Gasteiger partial charge on any atom is 0.249 e. The molecule has 2 aromatic rings. The van der Waals surface area contributed by atoms with Crippen LogP contribution in [0.3, 0.4) is 0 Å². The molecule has 0 fully saturated rings. The second kappa shape index (κ2) is 9.85. The van der Waals surface area contributed by atoms with E-state index in [2.05, 4.69) is 30.5 Å². The summed E-state index contributed by atoms with van der Waals surface area (Å²) < 4.78 is 5.00. The van der Waals surface area contributed by atoms with Gasteiger partial charge in [0.2, 0.25) is 11.8 Å². The summed E-state index contributed by atoms with van der Waals surface area (Å²) in [5, 5.41) is 2.10. The number of benzene rings is 1. The minimum atomic E-state index is -0.131. The summed E-state index contributed by atoms with van der Waals surface area (Å²) in [6.45, 7) is 3.44. The topological polar surface area (TPSA) is 49.9 Å². The Morgan fingerprint density at radius 2 is 2.04 bits per heavy atom. The van der Waals surface area contributed by atoms with Gasteiger partial charge in [0.05, 0.1) is 12.6 Å². The molecule has 150 valence electrons. The molecule has 1 aromatic heterocycles. The molecule has 0 radical (unpaired) electrons. The lowest BCUT2D eigenvalue weighted by Gasteiger charge is -2.37. The van der Waals surface area contributed by atoms with Crippen LogP contribution in [0.25, 0.3) is 0 Å². The van der Waals surface area contributed by atoms with Crippen molar-refractivity contribution >= 4 is 23.2 Å². The Morgan fingerprint density at radius 3 is 2.75 bits per heavy atom. The normalized spacial score (nSPS) is 15.9. The molecule has 1 aromatic carbocycles. The molecule has 3 rings (SSSR count). The van der Waals surface area contributed by atoms with Crippen molar-refractivity contribution in [2.24, 2.45) is 0 Å². The Kier molecular flexibility index (Phi) is 7.23. The highest BCUT2D eigenvalue weighted by atomic mass is 32.1. The summed E-state index contributed by atoms with van der Waals surface area (Å²) in [4.78, 5) is 30.6. The van der Waals surface area contributed by atoms with Gasteiger partial charge in [-0.15, -0.1) is 11.3 Å². The maximum absolute atomic E-state index is 13.3. The smallest absolute Gasteiger partial charge is 0.249 e. The van der Waals surface area contributed by atoms with Crippen LogP contribution in [0.1, 0.15) is 41.8 Å². The fraction of sp³-hybridized carbons (Fsp3) is 0.455. The second-order valence-electron chi connectivity index (χ2n) is 7.05. The standard InChI is InChI=1S/C22H28N2O3S/c1-3-4-12-23(21(26)16-27-2)15-20(25)24-13-10-19-18(11-14-28-19)22(24)17-8-6-5-7-9-17/h5-9,11,14,22H,3-4,10,12-13,15-16H2,1-2H3. The van der Waals surface area contributed by atoms with Crippen LogP contribution >= 0.6 is 11.3 Å². The number of hydrogen-bond acceptors (Lipinski definition) is 4. The minimum Gasteiger partial charge on any atom is -0.375 e. The van der Waals surface area contributed by atoms with Gasteiger partial charge in [-0.2, -0.15) is 0 Å². The number of carbonyl (C=O) groups is 2. The van der Waals surface area contributed by atoms with Crippen LogP contribution in [0.5, 0.6) is 0 Å². The molecule has 1 unspecified atom stereocenters. The molecule has 5 nitrogen and oxygen atoms in total. The average molecular weight is 401 g/mol. The molecule has 0 aliphatic carbocycles. The van der Waals surface area contributed by atoms with Gasteiger partial charge in [0, 0.05) is 25.1 Å². The zero-order valence-corrected chi connectivity index (χ0v) is 17.4. The number of fused-ring (bicyclic) bond motifs is 1. The zero-order valence-electron chi connectivity index (χ0n) is 16.6. The Balaban J connectivity index is 1.83. The first kappa shape index (κ1) is 20.6. The van der Waals surface area contributed by atoms with Crippen molar-refractivity contribution in [2.75, 3.05) is 33.4 Å². The number of unbranched alkanes of at least 4 members (excludes halogenated alkanes) is 1. The first-order valence-electron chi connectivity index (χ1n) is 9.83. The van der Waals surface area contributed by atoms with Crippen molar-refractivity contribution in [3.8, 4) is 0 Å². The lowest BCUT2D eigenvalue weighted by Crippen LogP contribution is -2.47. The average Bonchev–Trinajstić information content (AvgIpc) is 3.19. The molecular formula is C22H28N2O3S. The van der Waals surface area contributed by atoms with Crippen LogP contribution in [0, 0.1) is 0 Å². The molecule has 6 heteroatoms. The van der Waals surface area contributed by atoms with E-state index < -0.39 is 0 Å². The van der Waals surface area contributed by atoms with Gasteiger partial charge in [-0.1, -0.05) is 43.7 Å². The molecule has 0 spiro atoms. The van der Waals surface area contributed by atoms with E-state index >= 15 is 0 Å². The highest BCUT2D eigenvalue weighted by Gasteiger charge is 2.33. The Morgan fingerprint density at radius 1 is 1.25 bits per heavy atom. The summed E-state index contributed by atoms with van der Waals surface area (Å²) in [6, 6.07) is 12.2. The number of thiophene rings is 1. The molecular weight excluding hydrogens is 372 g/mol. The third-order valence-electron chi connectivity index (χ3n) is 5.13. The Bertz CT molecular complexity index is 790. The van der Waals surface area contributed by atoms with Gasteiger partial charge >= 0.3 is 0 Å². The molecule has 0 N–H and O–H groups in total.